The average Bonchev–Trinajstić information content (AvgIpc) is 2.84. The van der Waals surface area contributed by atoms with Crippen LogP contribution in [0.2, 0.25) is 0 Å². The quantitative estimate of drug-likeness (QED) is 0.414. The van der Waals surface area contributed by atoms with Gasteiger partial charge >= 0.3 is 6.18 Å². The van der Waals surface area contributed by atoms with Crippen LogP contribution in [-0.2, 0) is 25.7 Å². The van der Waals surface area contributed by atoms with Gasteiger partial charge in [0, 0.05) is 60.8 Å². The molecule has 0 saturated heterocycles. The Hall–Kier alpha value is -3.78. The molecule has 0 saturated carbocycles. The van der Waals surface area contributed by atoms with Gasteiger partial charge in [0.2, 0.25) is 0 Å². The second-order valence-electron chi connectivity index (χ2n) is 8.38. The van der Waals surface area contributed by atoms with Crippen molar-refractivity contribution in [3.8, 4) is 22.6 Å². The number of anilines is 1. The predicted octanol–water partition coefficient (Wildman–Crippen LogP) is 5.36. The fourth-order valence-electron chi connectivity index (χ4n) is 4.08. The van der Waals surface area contributed by atoms with Crippen molar-refractivity contribution in [2.75, 3.05) is 12.3 Å². The molecule has 34 heavy (non-hydrogen) atoms. The fourth-order valence-corrected chi connectivity index (χ4v) is 4.08. The van der Waals surface area contributed by atoms with Gasteiger partial charge in [-0.3, -0.25) is 9.88 Å². The average molecular weight is 461 g/mol. The molecule has 4 aromatic rings. The highest BCUT2D eigenvalue weighted by Crippen LogP contribution is 2.32. The molecule has 2 aromatic carbocycles. The van der Waals surface area contributed by atoms with Crippen molar-refractivity contribution in [3.63, 3.8) is 0 Å². The SMILES string of the molecule is Nc1ccc(-c2ncc3c(n2)CCN(Cc2ccc(-c4cccc(C(F)(F)F)c4)nc2)C3)cc1. The number of fused-ring (bicyclic) bond motifs is 1. The minimum absolute atomic E-state index is 0.447. The normalized spacial score (nSPS) is 14.1. The molecule has 172 valence electrons. The van der Waals surface area contributed by atoms with Gasteiger partial charge in [-0.15, -0.1) is 0 Å². The Balaban J connectivity index is 1.26. The lowest BCUT2D eigenvalue weighted by molar-refractivity contribution is -0.137. The molecular formula is C26H22F3N5. The number of nitrogen functional groups attached to an aromatic ring is 1. The number of rotatable bonds is 4. The molecule has 3 heterocycles. The van der Waals surface area contributed by atoms with Crippen molar-refractivity contribution < 1.29 is 13.2 Å². The van der Waals surface area contributed by atoms with Crippen molar-refractivity contribution in [2.24, 2.45) is 0 Å². The van der Waals surface area contributed by atoms with Crippen LogP contribution in [0.15, 0.2) is 73.1 Å². The van der Waals surface area contributed by atoms with E-state index in [9.17, 15) is 13.2 Å². The van der Waals surface area contributed by atoms with E-state index in [4.69, 9.17) is 10.7 Å². The van der Waals surface area contributed by atoms with Crippen molar-refractivity contribution in [1.29, 1.82) is 0 Å². The minimum atomic E-state index is -4.37. The van der Waals surface area contributed by atoms with E-state index in [-0.39, 0.29) is 0 Å². The molecule has 1 aliphatic rings. The van der Waals surface area contributed by atoms with Crippen LogP contribution in [0.25, 0.3) is 22.6 Å². The molecule has 8 heteroatoms. The Labute approximate surface area is 195 Å². The molecule has 0 bridgehead atoms. The lowest BCUT2D eigenvalue weighted by Crippen LogP contribution is -2.31. The zero-order valence-electron chi connectivity index (χ0n) is 18.3. The van der Waals surface area contributed by atoms with Crippen LogP contribution in [0.5, 0.6) is 0 Å². The molecule has 0 fully saturated rings. The number of pyridine rings is 1. The van der Waals surface area contributed by atoms with Gasteiger partial charge in [-0.1, -0.05) is 18.2 Å². The van der Waals surface area contributed by atoms with Gasteiger partial charge < -0.3 is 5.73 Å². The summed E-state index contributed by atoms with van der Waals surface area (Å²) in [5.74, 6) is 0.696. The summed E-state index contributed by atoms with van der Waals surface area (Å²) in [7, 11) is 0. The minimum Gasteiger partial charge on any atom is -0.399 e. The number of aromatic nitrogens is 3. The Kier molecular flexibility index (Phi) is 5.75. The Bertz CT molecular complexity index is 1300. The maximum absolute atomic E-state index is 13.0. The van der Waals surface area contributed by atoms with Crippen molar-refractivity contribution in [1.82, 2.24) is 19.9 Å². The Morgan fingerprint density at radius 2 is 1.74 bits per heavy atom. The van der Waals surface area contributed by atoms with E-state index in [0.29, 0.717) is 29.3 Å². The highest BCUT2D eigenvalue weighted by atomic mass is 19.4. The summed E-state index contributed by atoms with van der Waals surface area (Å²) in [5, 5.41) is 0. The molecule has 0 aliphatic carbocycles. The topological polar surface area (TPSA) is 67.9 Å². The Morgan fingerprint density at radius 1 is 0.912 bits per heavy atom. The van der Waals surface area contributed by atoms with E-state index in [0.717, 1.165) is 54.0 Å². The van der Waals surface area contributed by atoms with Gasteiger partial charge in [0.05, 0.1) is 17.0 Å². The molecular weight excluding hydrogens is 439 g/mol. The van der Waals surface area contributed by atoms with E-state index in [1.165, 1.54) is 6.07 Å². The highest BCUT2D eigenvalue weighted by Gasteiger charge is 2.30. The number of alkyl halides is 3. The monoisotopic (exact) mass is 461 g/mol. The third-order valence-corrected chi connectivity index (χ3v) is 5.90. The molecule has 0 atom stereocenters. The molecule has 2 aromatic heterocycles. The first-order valence-electron chi connectivity index (χ1n) is 10.9. The molecule has 0 spiro atoms. The number of hydrogen-bond acceptors (Lipinski definition) is 5. The second-order valence-corrected chi connectivity index (χ2v) is 8.38. The number of halogens is 3. The summed E-state index contributed by atoms with van der Waals surface area (Å²) < 4.78 is 39.0. The van der Waals surface area contributed by atoms with E-state index >= 15 is 0 Å². The fraction of sp³-hybridized carbons (Fsp3) is 0.192. The first-order chi connectivity index (χ1) is 16.3. The summed E-state index contributed by atoms with van der Waals surface area (Å²) in [6.45, 7) is 2.27. The zero-order chi connectivity index (χ0) is 23.7. The second kappa shape index (κ2) is 8.87. The molecule has 0 unspecified atom stereocenters. The molecule has 5 nitrogen and oxygen atoms in total. The van der Waals surface area contributed by atoms with Gasteiger partial charge in [0.1, 0.15) is 0 Å². The molecule has 1 aliphatic heterocycles. The smallest absolute Gasteiger partial charge is 0.399 e. The maximum atomic E-state index is 13.0. The van der Waals surface area contributed by atoms with Crippen molar-refractivity contribution >= 4 is 5.69 Å². The lowest BCUT2D eigenvalue weighted by Gasteiger charge is -2.28. The van der Waals surface area contributed by atoms with Crippen LogP contribution < -0.4 is 5.73 Å². The third kappa shape index (κ3) is 4.77. The van der Waals surface area contributed by atoms with Gasteiger partial charge in [-0.2, -0.15) is 13.2 Å². The molecule has 0 amide bonds. The van der Waals surface area contributed by atoms with E-state index in [2.05, 4.69) is 14.9 Å². The van der Waals surface area contributed by atoms with Gasteiger partial charge in [-0.05, 0) is 48.0 Å². The van der Waals surface area contributed by atoms with Gasteiger partial charge in [0.25, 0.3) is 0 Å². The summed E-state index contributed by atoms with van der Waals surface area (Å²) in [4.78, 5) is 16.0. The predicted molar refractivity (Wildman–Crippen MR) is 124 cm³/mol. The van der Waals surface area contributed by atoms with Crippen molar-refractivity contribution in [2.45, 2.75) is 25.7 Å². The first kappa shape index (κ1) is 22.0. The summed E-state index contributed by atoms with van der Waals surface area (Å²) in [6.07, 6.45) is 0.0522. The van der Waals surface area contributed by atoms with Crippen LogP contribution in [0, 0.1) is 0 Å². The van der Waals surface area contributed by atoms with Crippen LogP contribution in [-0.4, -0.2) is 26.4 Å². The third-order valence-electron chi connectivity index (χ3n) is 5.90. The van der Waals surface area contributed by atoms with E-state index < -0.39 is 11.7 Å². The molecule has 2 N–H and O–H groups in total. The number of hydrogen-bond donors (Lipinski definition) is 1. The van der Waals surface area contributed by atoms with Crippen LogP contribution in [0.1, 0.15) is 22.4 Å². The number of benzene rings is 2. The van der Waals surface area contributed by atoms with Gasteiger partial charge in [-0.25, -0.2) is 9.97 Å². The lowest BCUT2D eigenvalue weighted by atomic mass is 10.0. The standard InChI is InChI=1S/C26H22F3N5/c27-26(28,29)21-3-1-2-19(12-21)23-9-4-17(13-31-23)15-34-11-10-24-20(16-34)14-32-25(33-24)18-5-7-22(30)8-6-18/h1-9,12-14H,10-11,15-16,30H2. The largest absolute Gasteiger partial charge is 0.416 e. The summed E-state index contributed by atoms with van der Waals surface area (Å²) in [5.41, 5.74) is 10.8. The van der Waals surface area contributed by atoms with E-state index in [1.807, 2.05) is 36.5 Å². The number of nitrogens with zero attached hydrogens (tertiary/aromatic N) is 4. The van der Waals surface area contributed by atoms with E-state index in [1.54, 1.807) is 18.3 Å². The van der Waals surface area contributed by atoms with Crippen LogP contribution in [0.3, 0.4) is 0 Å². The van der Waals surface area contributed by atoms with Gasteiger partial charge in [0.15, 0.2) is 5.82 Å². The maximum Gasteiger partial charge on any atom is 0.416 e. The Morgan fingerprint density at radius 3 is 2.47 bits per heavy atom. The van der Waals surface area contributed by atoms with Crippen LogP contribution in [0.4, 0.5) is 18.9 Å². The highest BCUT2D eigenvalue weighted by molar-refractivity contribution is 5.60. The van der Waals surface area contributed by atoms with Crippen LogP contribution >= 0.6 is 0 Å². The number of nitrogens with two attached hydrogens (primary N) is 1. The summed E-state index contributed by atoms with van der Waals surface area (Å²) in [6, 6.07) is 16.4. The zero-order valence-corrected chi connectivity index (χ0v) is 18.3. The molecule has 0 radical (unpaired) electrons. The summed E-state index contributed by atoms with van der Waals surface area (Å²) >= 11 is 0. The first-order valence-corrected chi connectivity index (χ1v) is 10.9. The molecule has 5 rings (SSSR count). The van der Waals surface area contributed by atoms with Crippen molar-refractivity contribution in [3.05, 3.63) is 95.4 Å².